The van der Waals surface area contributed by atoms with Gasteiger partial charge in [0, 0.05) is 18.2 Å². The van der Waals surface area contributed by atoms with E-state index in [9.17, 15) is 26.7 Å². The summed E-state index contributed by atoms with van der Waals surface area (Å²) in [7, 11) is 1.49. The van der Waals surface area contributed by atoms with E-state index in [0.717, 1.165) is 18.2 Å². The third-order valence-electron chi connectivity index (χ3n) is 3.25. The third-order valence-corrected chi connectivity index (χ3v) is 3.25. The van der Waals surface area contributed by atoms with Gasteiger partial charge >= 0.3 is 6.36 Å². The number of hydrogen-bond donors (Lipinski definition) is 1. The first kappa shape index (κ1) is 19.6. The third kappa shape index (κ3) is 5.99. The second kappa shape index (κ2) is 8.13. The highest BCUT2D eigenvalue weighted by Crippen LogP contribution is 2.27. The molecule has 4 nitrogen and oxygen atoms in total. The van der Waals surface area contributed by atoms with Crippen LogP contribution < -0.4 is 10.1 Å². The Bertz CT molecular complexity index is 780. The van der Waals surface area contributed by atoms with E-state index in [1.807, 2.05) is 0 Å². The predicted octanol–water partition coefficient (Wildman–Crippen LogP) is 3.93. The molecule has 0 spiro atoms. The molecule has 0 radical (unpaired) electrons. The molecule has 0 saturated carbocycles. The van der Waals surface area contributed by atoms with E-state index in [-0.39, 0.29) is 30.1 Å². The quantitative estimate of drug-likeness (QED) is 0.779. The van der Waals surface area contributed by atoms with Gasteiger partial charge in [0.2, 0.25) is 5.91 Å². The lowest BCUT2D eigenvalue weighted by Gasteiger charge is -2.19. The fourth-order valence-electron chi connectivity index (χ4n) is 2.23. The highest BCUT2D eigenvalue weighted by Gasteiger charge is 2.32. The number of hydrogen-bond acceptors (Lipinski definition) is 3. The van der Waals surface area contributed by atoms with Crippen LogP contribution in [-0.4, -0.2) is 30.8 Å². The summed E-state index contributed by atoms with van der Waals surface area (Å²) in [5.74, 6) is -2.53. The number of anilines is 1. The molecular formula is C17H15F5N2O2. The normalized spacial score (nSPS) is 11.5. The molecule has 2 rings (SSSR count). The van der Waals surface area contributed by atoms with Crippen LogP contribution in [0.15, 0.2) is 42.5 Å². The van der Waals surface area contributed by atoms with E-state index < -0.39 is 23.9 Å². The summed E-state index contributed by atoms with van der Waals surface area (Å²) >= 11 is 0. The zero-order valence-electron chi connectivity index (χ0n) is 13.6. The molecule has 0 unspecified atom stereocenters. The molecule has 0 saturated heterocycles. The molecule has 2 aromatic carbocycles. The Kier molecular flexibility index (Phi) is 6.14. The van der Waals surface area contributed by atoms with Crippen molar-refractivity contribution < 1.29 is 31.5 Å². The van der Waals surface area contributed by atoms with Crippen molar-refractivity contribution in [2.75, 3.05) is 18.9 Å². The Hall–Kier alpha value is -2.68. The number of carbonyl (C=O) groups excluding carboxylic acids is 1. The Labute approximate surface area is 146 Å². The largest absolute Gasteiger partial charge is 0.573 e. The van der Waals surface area contributed by atoms with Crippen LogP contribution in [0.5, 0.6) is 5.75 Å². The monoisotopic (exact) mass is 374 g/mol. The van der Waals surface area contributed by atoms with Gasteiger partial charge in [0.25, 0.3) is 0 Å². The molecule has 2 aromatic rings. The number of nitrogens with one attached hydrogen (secondary N) is 1. The molecule has 0 fully saturated rings. The molecule has 0 aliphatic heterocycles. The molecule has 9 heteroatoms. The summed E-state index contributed by atoms with van der Waals surface area (Å²) in [6.07, 6.45) is -4.83. The Morgan fingerprint density at radius 3 is 2.54 bits per heavy atom. The molecule has 140 valence electrons. The van der Waals surface area contributed by atoms with Gasteiger partial charge in [-0.15, -0.1) is 13.2 Å². The summed E-state index contributed by atoms with van der Waals surface area (Å²) in [6, 6.07) is 8.15. The predicted molar refractivity (Wildman–Crippen MR) is 84.4 cm³/mol. The highest BCUT2D eigenvalue weighted by atomic mass is 19.4. The second-order valence-corrected chi connectivity index (χ2v) is 5.50. The number of carbonyl (C=O) groups is 1. The van der Waals surface area contributed by atoms with Crippen LogP contribution in [0, 0.1) is 11.6 Å². The van der Waals surface area contributed by atoms with Crippen molar-refractivity contribution in [3.63, 3.8) is 0 Å². The van der Waals surface area contributed by atoms with Crippen LogP contribution in [0.4, 0.5) is 27.6 Å². The first-order valence-corrected chi connectivity index (χ1v) is 7.41. The smallest absolute Gasteiger partial charge is 0.405 e. The Balaban J connectivity index is 1.99. The molecular weight excluding hydrogens is 359 g/mol. The van der Waals surface area contributed by atoms with Gasteiger partial charge in [0.15, 0.2) is 0 Å². The van der Waals surface area contributed by atoms with Gasteiger partial charge in [0.05, 0.1) is 12.2 Å². The van der Waals surface area contributed by atoms with E-state index in [1.165, 1.54) is 36.2 Å². The van der Waals surface area contributed by atoms with E-state index in [4.69, 9.17) is 0 Å². The first-order valence-electron chi connectivity index (χ1n) is 7.41. The maximum atomic E-state index is 13.5. The van der Waals surface area contributed by atoms with Gasteiger partial charge < -0.3 is 10.1 Å². The minimum Gasteiger partial charge on any atom is -0.405 e. The van der Waals surface area contributed by atoms with Crippen LogP contribution in [0.2, 0.25) is 0 Å². The van der Waals surface area contributed by atoms with Crippen LogP contribution in [0.1, 0.15) is 5.56 Å². The molecule has 0 aliphatic rings. The number of nitrogens with zero attached hydrogens (tertiary/aromatic N) is 1. The minimum atomic E-state index is -4.83. The van der Waals surface area contributed by atoms with Crippen molar-refractivity contribution in [2.24, 2.45) is 0 Å². The van der Waals surface area contributed by atoms with Crippen molar-refractivity contribution in [1.29, 1.82) is 0 Å². The molecule has 1 amide bonds. The van der Waals surface area contributed by atoms with Gasteiger partial charge in [-0.3, -0.25) is 9.69 Å². The summed E-state index contributed by atoms with van der Waals surface area (Å²) in [4.78, 5) is 13.3. The van der Waals surface area contributed by atoms with Gasteiger partial charge in [-0.2, -0.15) is 0 Å². The van der Waals surface area contributed by atoms with Crippen LogP contribution in [0.3, 0.4) is 0 Å². The Morgan fingerprint density at radius 2 is 1.85 bits per heavy atom. The van der Waals surface area contributed by atoms with E-state index in [2.05, 4.69) is 10.1 Å². The number of para-hydroxylation sites is 1. The zero-order chi connectivity index (χ0) is 19.3. The molecule has 26 heavy (non-hydrogen) atoms. The average Bonchev–Trinajstić information content (AvgIpc) is 2.51. The number of alkyl halides is 3. The van der Waals surface area contributed by atoms with Gasteiger partial charge in [0.1, 0.15) is 17.4 Å². The van der Waals surface area contributed by atoms with Crippen molar-refractivity contribution in [1.82, 2.24) is 4.90 Å². The maximum Gasteiger partial charge on any atom is 0.573 e. The standard InChI is InChI=1S/C17H15F5N2O2/c1-24(9-11-4-2-3-5-15(11)26-17(20,21)22)10-16(25)23-14-8-12(18)6-7-13(14)19/h2-8H,9-10H2,1H3,(H,23,25). The van der Waals surface area contributed by atoms with Gasteiger partial charge in [-0.1, -0.05) is 18.2 Å². The number of likely N-dealkylation sites (N-methyl/N-ethyl adjacent to an activating group) is 1. The molecule has 1 N–H and O–H groups in total. The minimum absolute atomic E-state index is 0.0225. The van der Waals surface area contributed by atoms with E-state index >= 15 is 0 Å². The van der Waals surface area contributed by atoms with Crippen LogP contribution >= 0.6 is 0 Å². The first-order chi connectivity index (χ1) is 12.1. The topological polar surface area (TPSA) is 41.6 Å². The Morgan fingerprint density at radius 1 is 1.15 bits per heavy atom. The summed E-state index contributed by atoms with van der Waals surface area (Å²) < 4.78 is 67.8. The molecule has 0 aliphatic carbocycles. The number of ether oxygens (including phenoxy) is 1. The van der Waals surface area contributed by atoms with Crippen molar-refractivity contribution in [3.8, 4) is 5.75 Å². The van der Waals surface area contributed by atoms with Crippen LogP contribution in [0.25, 0.3) is 0 Å². The van der Waals surface area contributed by atoms with Crippen molar-refractivity contribution in [2.45, 2.75) is 12.9 Å². The zero-order valence-corrected chi connectivity index (χ0v) is 13.6. The molecule has 0 aromatic heterocycles. The lowest BCUT2D eigenvalue weighted by atomic mass is 10.2. The lowest BCUT2D eigenvalue weighted by Crippen LogP contribution is -2.30. The van der Waals surface area contributed by atoms with Crippen molar-refractivity contribution in [3.05, 3.63) is 59.7 Å². The fourth-order valence-corrected chi connectivity index (χ4v) is 2.23. The van der Waals surface area contributed by atoms with Gasteiger partial charge in [-0.05, 0) is 25.2 Å². The number of amides is 1. The van der Waals surface area contributed by atoms with E-state index in [0.29, 0.717) is 0 Å². The second-order valence-electron chi connectivity index (χ2n) is 5.50. The lowest BCUT2D eigenvalue weighted by molar-refractivity contribution is -0.275. The fraction of sp³-hybridized carbons (Fsp3) is 0.235. The summed E-state index contributed by atoms with van der Waals surface area (Å²) in [5, 5.41) is 2.21. The molecule has 0 heterocycles. The maximum absolute atomic E-state index is 13.5. The molecule has 0 bridgehead atoms. The summed E-state index contributed by atoms with van der Waals surface area (Å²) in [5.41, 5.74) is -0.0960. The van der Waals surface area contributed by atoms with Crippen LogP contribution in [-0.2, 0) is 11.3 Å². The molecule has 0 atom stereocenters. The summed E-state index contributed by atoms with van der Waals surface area (Å²) in [6.45, 7) is -0.276. The average molecular weight is 374 g/mol. The SMILES string of the molecule is CN(CC(=O)Nc1cc(F)ccc1F)Cc1ccccc1OC(F)(F)F. The number of rotatable bonds is 6. The van der Waals surface area contributed by atoms with Gasteiger partial charge in [-0.25, -0.2) is 8.78 Å². The van der Waals surface area contributed by atoms with E-state index in [1.54, 1.807) is 0 Å². The number of halogens is 5. The highest BCUT2D eigenvalue weighted by molar-refractivity contribution is 5.92. The van der Waals surface area contributed by atoms with Crippen molar-refractivity contribution >= 4 is 11.6 Å². The number of benzene rings is 2.